The molecule has 0 radical (unpaired) electrons. The van der Waals surface area contributed by atoms with Crippen LogP contribution in [0.2, 0.25) is 0 Å². The maximum absolute atomic E-state index is 12.5. The van der Waals surface area contributed by atoms with Gasteiger partial charge in [-0.05, 0) is 60.2 Å². The van der Waals surface area contributed by atoms with Crippen molar-refractivity contribution in [3.8, 4) is 11.5 Å². The molecule has 0 aliphatic heterocycles. The first-order valence-corrected chi connectivity index (χ1v) is 12.0. The second-order valence-corrected chi connectivity index (χ2v) is 8.19. The number of anilines is 2. The third kappa shape index (κ3) is 8.43. The Morgan fingerprint density at radius 3 is 2.00 bits per heavy atom. The summed E-state index contributed by atoms with van der Waals surface area (Å²) in [5, 5.41) is 8.79. The molecule has 0 aliphatic carbocycles. The summed E-state index contributed by atoms with van der Waals surface area (Å²) in [6.07, 6.45) is 0. The lowest BCUT2D eigenvalue weighted by Gasteiger charge is -2.11. The van der Waals surface area contributed by atoms with Gasteiger partial charge in [0.1, 0.15) is 24.7 Å². The van der Waals surface area contributed by atoms with Crippen LogP contribution in [-0.2, 0) is 11.3 Å². The topological polar surface area (TPSA) is 88.7 Å². The van der Waals surface area contributed by atoms with Gasteiger partial charge in [0, 0.05) is 23.5 Å². The quantitative estimate of drug-likeness (QED) is 0.237. The molecule has 0 heterocycles. The van der Waals surface area contributed by atoms with E-state index in [0.717, 1.165) is 17.0 Å². The Morgan fingerprint density at radius 2 is 1.30 bits per heavy atom. The maximum atomic E-state index is 12.5. The van der Waals surface area contributed by atoms with Crippen molar-refractivity contribution >= 4 is 23.2 Å². The van der Waals surface area contributed by atoms with E-state index in [1.165, 1.54) is 0 Å². The molecule has 0 atom stereocenters. The predicted molar refractivity (Wildman–Crippen MR) is 145 cm³/mol. The first kappa shape index (κ1) is 25.3. The van der Waals surface area contributed by atoms with Crippen LogP contribution >= 0.6 is 0 Å². The van der Waals surface area contributed by atoms with Gasteiger partial charge >= 0.3 is 0 Å². The Kier molecular flexibility index (Phi) is 9.13. The summed E-state index contributed by atoms with van der Waals surface area (Å²) in [4.78, 5) is 24.9. The average molecular weight is 496 g/mol. The Morgan fingerprint density at radius 1 is 0.649 bits per heavy atom. The highest BCUT2D eigenvalue weighted by atomic mass is 16.5. The van der Waals surface area contributed by atoms with Crippen LogP contribution in [0.5, 0.6) is 11.5 Å². The largest absolute Gasteiger partial charge is 0.490 e. The predicted octanol–water partition coefficient (Wildman–Crippen LogP) is 5.13. The lowest BCUT2D eigenvalue weighted by atomic mass is 10.1. The molecule has 0 saturated carbocycles. The molecule has 0 unspecified atom stereocenters. The molecule has 4 aromatic carbocycles. The molecule has 0 spiro atoms. The lowest BCUT2D eigenvalue weighted by Crippen LogP contribution is -2.24. The van der Waals surface area contributed by atoms with Crippen molar-refractivity contribution in [3.63, 3.8) is 0 Å². The van der Waals surface area contributed by atoms with E-state index in [1.807, 2.05) is 84.9 Å². The minimum atomic E-state index is -0.222. The molecular formula is C30H29N3O4. The maximum Gasteiger partial charge on any atom is 0.251 e. The number of benzene rings is 4. The van der Waals surface area contributed by atoms with Gasteiger partial charge in [0.25, 0.3) is 5.91 Å². The van der Waals surface area contributed by atoms with Gasteiger partial charge < -0.3 is 25.4 Å². The highest BCUT2D eigenvalue weighted by molar-refractivity contribution is 5.98. The van der Waals surface area contributed by atoms with Crippen LogP contribution in [0.4, 0.5) is 11.4 Å². The van der Waals surface area contributed by atoms with Crippen molar-refractivity contribution < 1.29 is 19.1 Å². The van der Waals surface area contributed by atoms with E-state index in [1.54, 1.807) is 24.3 Å². The number of amides is 2. The average Bonchev–Trinajstić information content (AvgIpc) is 2.95. The fourth-order valence-electron chi connectivity index (χ4n) is 3.51. The van der Waals surface area contributed by atoms with Crippen LogP contribution < -0.4 is 25.4 Å². The molecule has 0 bridgehead atoms. The Labute approximate surface area is 216 Å². The fourth-order valence-corrected chi connectivity index (χ4v) is 3.51. The third-order valence-electron chi connectivity index (χ3n) is 5.38. The number of hydrogen-bond donors (Lipinski definition) is 3. The van der Waals surface area contributed by atoms with Crippen LogP contribution in [0.25, 0.3) is 0 Å². The van der Waals surface area contributed by atoms with Crippen molar-refractivity contribution in [1.29, 1.82) is 0 Å². The summed E-state index contributed by atoms with van der Waals surface area (Å²) in [6, 6.07) is 33.5. The third-order valence-corrected chi connectivity index (χ3v) is 5.38. The minimum Gasteiger partial charge on any atom is -0.490 e. The first-order chi connectivity index (χ1) is 18.2. The molecule has 37 heavy (non-hydrogen) atoms. The lowest BCUT2D eigenvalue weighted by molar-refractivity contribution is -0.114. The van der Waals surface area contributed by atoms with Gasteiger partial charge in [-0.2, -0.15) is 0 Å². The molecular weight excluding hydrogens is 466 g/mol. The van der Waals surface area contributed by atoms with Gasteiger partial charge in [-0.1, -0.05) is 54.6 Å². The summed E-state index contributed by atoms with van der Waals surface area (Å²) >= 11 is 0. The van der Waals surface area contributed by atoms with Crippen LogP contribution in [0.1, 0.15) is 15.9 Å². The molecule has 0 aromatic heterocycles. The van der Waals surface area contributed by atoms with E-state index in [0.29, 0.717) is 36.8 Å². The van der Waals surface area contributed by atoms with Crippen molar-refractivity contribution in [2.45, 2.75) is 6.54 Å². The zero-order valence-electron chi connectivity index (χ0n) is 20.4. The number of nitrogens with one attached hydrogen (secondary N) is 3. The highest BCUT2D eigenvalue weighted by Gasteiger charge is 2.08. The molecule has 0 saturated heterocycles. The molecule has 4 rings (SSSR count). The van der Waals surface area contributed by atoms with E-state index in [2.05, 4.69) is 16.0 Å². The SMILES string of the molecule is O=C(CNc1ccc(OCCOc2ccccc2)cc1)Nc1cccc(C(=O)NCc2ccccc2)c1. The van der Waals surface area contributed by atoms with Crippen LogP contribution in [-0.4, -0.2) is 31.6 Å². The standard InChI is InChI=1S/C30H29N3O4/c34-29(33-26-11-7-10-24(20-26)30(35)32-21-23-8-3-1-4-9-23)22-31-25-14-16-28(17-15-25)37-19-18-36-27-12-5-2-6-13-27/h1-17,20,31H,18-19,21-22H2,(H,32,35)(H,33,34). The van der Waals surface area contributed by atoms with E-state index in [-0.39, 0.29) is 18.4 Å². The van der Waals surface area contributed by atoms with Crippen LogP contribution in [0, 0.1) is 0 Å². The van der Waals surface area contributed by atoms with E-state index >= 15 is 0 Å². The molecule has 7 nitrogen and oxygen atoms in total. The normalized spacial score (nSPS) is 10.3. The van der Waals surface area contributed by atoms with E-state index in [4.69, 9.17) is 9.47 Å². The summed E-state index contributed by atoms with van der Waals surface area (Å²) < 4.78 is 11.3. The van der Waals surface area contributed by atoms with Gasteiger partial charge in [0.15, 0.2) is 0 Å². The first-order valence-electron chi connectivity index (χ1n) is 12.0. The monoisotopic (exact) mass is 495 g/mol. The van der Waals surface area contributed by atoms with Crippen molar-refractivity contribution in [2.75, 3.05) is 30.4 Å². The summed E-state index contributed by atoms with van der Waals surface area (Å²) in [7, 11) is 0. The van der Waals surface area contributed by atoms with E-state index < -0.39 is 0 Å². The van der Waals surface area contributed by atoms with Crippen LogP contribution in [0.3, 0.4) is 0 Å². The summed E-state index contributed by atoms with van der Waals surface area (Å²) in [5.41, 5.74) is 2.84. The van der Waals surface area contributed by atoms with Crippen molar-refractivity contribution in [3.05, 3.63) is 120 Å². The Balaban J connectivity index is 1.18. The molecule has 2 amide bonds. The highest BCUT2D eigenvalue weighted by Crippen LogP contribution is 2.16. The van der Waals surface area contributed by atoms with Crippen molar-refractivity contribution in [1.82, 2.24) is 5.32 Å². The van der Waals surface area contributed by atoms with E-state index in [9.17, 15) is 9.59 Å². The van der Waals surface area contributed by atoms with Crippen LogP contribution in [0.15, 0.2) is 109 Å². The number of hydrogen-bond acceptors (Lipinski definition) is 5. The van der Waals surface area contributed by atoms with Crippen molar-refractivity contribution in [2.24, 2.45) is 0 Å². The molecule has 4 aromatic rings. The molecule has 3 N–H and O–H groups in total. The molecule has 188 valence electrons. The molecule has 0 aliphatic rings. The minimum absolute atomic E-state index is 0.0789. The molecule has 0 fully saturated rings. The number of ether oxygens (including phenoxy) is 2. The number of carbonyl (C=O) groups excluding carboxylic acids is 2. The molecule has 7 heteroatoms. The smallest absolute Gasteiger partial charge is 0.251 e. The number of para-hydroxylation sites is 1. The van der Waals surface area contributed by atoms with Gasteiger partial charge in [-0.15, -0.1) is 0 Å². The zero-order chi connectivity index (χ0) is 25.7. The second kappa shape index (κ2) is 13.3. The fraction of sp³-hybridized carbons (Fsp3) is 0.133. The zero-order valence-corrected chi connectivity index (χ0v) is 20.4. The second-order valence-electron chi connectivity index (χ2n) is 8.19. The Bertz CT molecular complexity index is 1280. The number of carbonyl (C=O) groups is 2. The number of rotatable bonds is 12. The van der Waals surface area contributed by atoms with Gasteiger partial charge in [0.05, 0.1) is 6.54 Å². The Hall–Kier alpha value is -4.78. The van der Waals surface area contributed by atoms with Gasteiger partial charge in [-0.3, -0.25) is 9.59 Å². The summed E-state index contributed by atoms with van der Waals surface area (Å²) in [6.45, 7) is 1.38. The van der Waals surface area contributed by atoms with Gasteiger partial charge in [0.2, 0.25) is 5.91 Å². The summed E-state index contributed by atoms with van der Waals surface area (Å²) in [5.74, 6) is 1.10. The van der Waals surface area contributed by atoms with Gasteiger partial charge in [-0.25, -0.2) is 0 Å².